The second kappa shape index (κ2) is 6.13. The quantitative estimate of drug-likeness (QED) is 0.837. The number of rotatable bonds is 4. The minimum absolute atomic E-state index is 0.0643. The highest BCUT2D eigenvalue weighted by molar-refractivity contribution is 5.45. The summed E-state index contributed by atoms with van der Waals surface area (Å²) in [7, 11) is 0. The van der Waals surface area contributed by atoms with Crippen LogP contribution in [0, 0.1) is 5.82 Å². The fourth-order valence-electron chi connectivity index (χ4n) is 1.82. The second-order valence-corrected chi connectivity index (χ2v) is 4.53. The van der Waals surface area contributed by atoms with Gasteiger partial charge in [-0.05, 0) is 42.0 Å². The van der Waals surface area contributed by atoms with Crippen molar-refractivity contribution in [3.63, 3.8) is 0 Å². The summed E-state index contributed by atoms with van der Waals surface area (Å²) in [5.41, 5.74) is 0.103. The Labute approximate surface area is 119 Å². The van der Waals surface area contributed by atoms with E-state index in [1.807, 2.05) is 0 Å². The molecule has 21 heavy (non-hydrogen) atoms. The lowest BCUT2D eigenvalue weighted by atomic mass is 10.1. The minimum Gasteiger partial charge on any atom is -0.387 e. The van der Waals surface area contributed by atoms with Crippen molar-refractivity contribution in [3.8, 4) is 0 Å². The smallest absolute Gasteiger partial charge is 0.387 e. The number of aliphatic hydroxyl groups excluding tert-OH is 1. The van der Waals surface area contributed by atoms with Gasteiger partial charge in [-0.2, -0.15) is 13.2 Å². The SMILES string of the molecule is OC(CNc1ccc(C(F)(F)F)cc1)c1cccc(F)c1. The Morgan fingerprint density at radius 3 is 2.29 bits per heavy atom. The van der Waals surface area contributed by atoms with Gasteiger partial charge in [-0.15, -0.1) is 0 Å². The number of nitrogens with one attached hydrogen (secondary N) is 1. The first-order valence-electron chi connectivity index (χ1n) is 6.21. The normalized spacial score (nSPS) is 13.0. The fourth-order valence-corrected chi connectivity index (χ4v) is 1.82. The van der Waals surface area contributed by atoms with Crippen LogP contribution in [0.5, 0.6) is 0 Å². The summed E-state index contributed by atoms with van der Waals surface area (Å²) in [5, 5.41) is 12.7. The standard InChI is InChI=1S/C15H13F4NO/c16-12-3-1-2-10(8-12)14(21)9-20-13-6-4-11(5-7-13)15(17,18)19/h1-8,14,20-21H,9H2. The number of hydrogen-bond donors (Lipinski definition) is 2. The van der Waals surface area contributed by atoms with Gasteiger partial charge in [0.05, 0.1) is 11.7 Å². The predicted molar refractivity (Wildman–Crippen MR) is 71.3 cm³/mol. The van der Waals surface area contributed by atoms with Crippen LogP contribution in [-0.4, -0.2) is 11.7 Å². The molecule has 1 unspecified atom stereocenters. The highest BCUT2D eigenvalue weighted by atomic mass is 19.4. The van der Waals surface area contributed by atoms with Crippen LogP contribution in [0.25, 0.3) is 0 Å². The Bertz CT molecular complexity index is 595. The van der Waals surface area contributed by atoms with E-state index >= 15 is 0 Å². The zero-order valence-electron chi connectivity index (χ0n) is 10.9. The summed E-state index contributed by atoms with van der Waals surface area (Å²) in [6.45, 7) is 0.0643. The van der Waals surface area contributed by atoms with Gasteiger partial charge in [0, 0.05) is 12.2 Å². The van der Waals surface area contributed by atoms with Gasteiger partial charge >= 0.3 is 6.18 Å². The molecule has 0 aromatic heterocycles. The molecule has 0 saturated heterocycles. The fraction of sp³-hybridized carbons (Fsp3) is 0.200. The Hall–Kier alpha value is -2.08. The van der Waals surface area contributed by atoms with Crippen molar-refractivity contribution in [2.45, 2.75) is 12.3 Å². The van der Waals surface area contributed by atoms with E-state index in [1.54, 1.807) is 6.07 Å². The Balaban J connectivity index is 1.97. The maximum absolute atomic E-state index is 13.0. The molecule has 2 nitrogen and oxygen atoms in total. The van der Waals surface area contributed by atoms with E-state index in [0.717, 1.165) is 12.1 Å². The lowest BCUT2D eigenvalue weighted by molar-refractivity contribution is -0.137. The van der Waals surface area contributed by atoms with E-state index in [0.29, 0.717) is 11.3 Å². The molecule has 112 valence electrons. The van der Waals surface area contributed by atoms with Crippen LogP contribution in [-0.2, 0) is 6.18 Å². The van der Waals surface area contributed by atoms with Gasteiger partial charge in [-0.1, -0.05) is 12.1 Å². The molecule has 0 aliphatic rings. The van der Waals surface area contributed by atoms with Gasteiger partial charge in [0.2, 0.25) is 0 Å². The predicted octanol–water partition coefficient (Wildman–Crippen LogP) is 3.99. The van der Waals surface area contributed by atoms with Crippen LogP contribution in [0.15, 0.2) is 48.5 Å². The Morgan fingerprint density at radius 1 is 1.05 bits per heavy atom. The van der Waals surface area contributed by atoms with E-state index in [1.165, 1.54) is 30.3 Å². The van der Waals surface area contributed by atoms with Crippen LogP contribution < -0.4 is 5.32 Å². The van der Waals surface area contributed by atoms with Gasteiger partial charge in [0.25, 0.3) is 0 Å². The van der Waals surface area contributed by atoms with Crippen molar-refractivity contribution in [1.29, 1.82) is 0 Å². The molecule has 0 fully saturated rings. The third-order valence-electron chi connectivity index (χ3n) is 2.95. The largest absolute Gasteiger partial charge is 0.416 e. The van der Waals surface area contributed by atoms with Gasteiger partial charge < -0.3 is 10.4 Å². The second-order valence-electron chi connectivity index (χ2n) is 4.53. The lowest BCUT2D eigenvalue weighted by Crippen LogP contribution is -2.12. The summed E-state index contributed by atoms with van der Waals surface area (Å²) < 4.78 is 50.2. The van der Waals surface area contributed by atoms with Crippen molar-refractivity contribution < 1.29 is 22.7 Å². The number of anilines is 1. The van der Waals surface area contributed by atoms with Crippen molar-refractivity contribution in [2.24, 2.45) is 0 Å². The average molecular weight is 299 g/mol. The monoisotopic (exact) mass is 299 g/mol. The number of aliphatic hydroxyl groups is 1. The summed E-state index contributed by atoms with van der Waals surface area (Å²) in [6, 6.07) is 9.99. The summed E-state index contributed by atoms with van der Waals surface area (Å²) in [6.07, 6.45) is -5.33. The maximum Gasteiger partial charge on any atom is 0.416 e. The van der Waals surface area contributed by atoms with Crippen LogP contribution in [0.3, 0.4) is 0 Å². The van der Waals surface area contributed by atoms with Gasteiger partial charge in [-0.25, -0.2) is 4.39 Å². The number of hydrogen-bond acceptors (Lipinski definition) is 2. The van der Waals surface area contributed by atoms with E-state index in [-0.39, 0.29) is 6.54 Å². The lowest BCUT2D eigenvalue weighted by Gasteiger charge is -2.14. The first kappa shape index (κ1) is 15.3. The third kappa shape index (κ3) is 4.19. The molecule has 0 aliphatic heterocycles. The maximum atomic E-state index is 13.0. The van der Waals surface area contributed by atoms with Crippen LogP contribution in [0.2, 0.25) is 0 Å². The molecular weight excluding hydrogens is 286 g/mol. The first-order valence-corrected chi connectivity index (χ1v) is 6.21. The summed E-state index contributed by atoms with van der Waals surface area (Å²) >= 11 is 0. The molecule has 0 radical (unpaired) electrons. The topological polar surface area (TPSA) is 32.3 Å². The van der Waals surface area contributed by atoms with Crippen LogP contribution in [0.1, 0.15) is 17.2 Å². The average Bonchev–Trinajstić information content (AvgIpc) is 2.44. The van der Waals surface area contributed by atoms with Crippen LogP contribution >= 0.6 is 0 Å². The Morgan fingerprint density at radius 2 is 1.71 bits per heavy atom. The zero-order chi connectivity index (χ0) is 15.5. The molecule has 2 aromatic rings. The van der Waals surface area contributed by atoms with Crippen LogP contribution in [0.4, 0.5) is 23.2 Å². The third-order valence-corrected chi connectivity index (χ3v) is 2.95. The van der Waals surface area contributed by atoms with Gasteiger partial charge in [0.1, 0.15) is 5.82 Å². The molecule has 2 aromatic carbocycles. The molecule has 0 heterocycles. The number of alkyl halides is 3. The molecule has 0 amide bonds. The van der Waals surface area contributed by atoms with E-state index < -0.39 is 23.7 Å². The number of halogens is 4. The summed E-state index contributed by atoms with van der Waals surface area (Å²) in [5.74, 6) is -0.457. The minimum atomic E-state index is -4.38. The molecule has 6 heteroatoms. The highest BCUT2D eigenvalue weighted by Crippen LogP contribution is 2.29. The van der Waals surface area contributed by atoms with E-state index in [9.17, 15) is 22.7 Å². The van der Waals surface area contributed by atoms with E-state index in [2.05, 4.69) is 5.32 Å². The van der Waals surface area contributed by atoms with Crippen molar-refractivity contribution in [2.75, 3.05) is 11.9 Å². The van der Waals surface area contributed by atoms with Crippen molar-refractivity contribution in [3.05, 3.63) is 65.5 Å². The summed E-state index contributed by atoms with van der Waals surface area (Å²) in [4.78, 5) is 0. The van der Waals surface area contributed by atoms with Crippen molar-refractivity contribution >= 4 is 5.69 Å². The first-order chi connectivity index (χ1) is 9.86. The zero-order valence-corrected chi connectivity index (χ0v) is 10.9. The molecule has 0 aliphatic carbocycles. The van der Waals surface area contributed by atoms with Crippen molar-refractivity contribution in [1.82, 2.24) is 0 Å². The molecule has 0 saturated carbocycles. The number of benzene rings is 2. The molecular formula is C15H13F4NO. The molecule has 2 rings (SSSR count). The molecule has 0 bridgehead atoms. The molecule has 2 N–H and O–H groups in total. The molecule has 1 atom stereocenters. The highest BCUT2D eigenvalue weighted by Gasteiger charge is 2.29. The molecule has 0 spiro atoms. The van der Waals surface area contributed by atoms with Gasteiger partial charge in [0.15, 0.2) is 0 Å². The van der Waals surface area contributed by atoms with Gasteiger partial charge in [-0.3, -0.25) is 0 Å². The Kier molecular flexibility index (Phi) is 4.47. The van der Waals surface area contributed by atoms with E-state index in [4.69, 9.17) is 0 Å².